The van der Waals surface area contributed by atoms with E-state index in [1.54, 1.807) is 12.2 Å². The van der Waals surface area contributed by atoms with Crippen molar-refractivity contribution in [2.24, 2.45) is 40.4 Å². The lowest BCUT2D eigenvalue weighted by Crippen LogP contribution is -2.64. The van der Waals surface area contributed by atoms with Crippen LogP contribution in [-0.4, -0.2) is 41.6 Å². The van der Waals surface area contributed by atoms with Crippen LogP contribution in [0.1, 0.15) is 86.5 Å². The number of hydrogen-bond donors (Lipinski definition) is 0. The van der Waals surface area contributed by atoms with Crippen molar-refractivity contribution >= 4 is 17.7 Å². The van der Waals surface area contributed by atoms with Crippen molar-refractivity contribution in [1.29, 1.82) is 0 Å². The van der Waals surface area contributed by atoms with Crippen molar-refractivity contribution in [2.45, 2.75) is 110 Å². The number of ether oxygens (including phenoxy) is 3. The van der Waals surface area contributed by atoms with Crippen molar-refractivity contribution in [3.8, 4) is 0 Å². The molecule has 0 amide bonds. The molecule has 0 aromatic heterocycles. The molecule has 1 spiro atoms. The second kappa shape index (κ2) is 8.27. The highest BCUT2D eigenvalue weighted by atomic mass is 16.7. The largest absolute Gasteiger partial charge is 0.458 e. The summed E-state index contributed by atoms with van der Waals surface area (Å²) in [6.45, 7) is 12.4. The van der Waals surface area contributed by atoms with E-state index in [2.05, 4.69) is 27.7 Å². The summed E-state index contributed by atoms with van der Waals surface area (Å²) in [4.78, 5) is 38.1. The molecule has 11 unspecified atom stereocenters. The number of cyclic esters (lactones) is 1. The van der Waals surface area contributed by atoms with Crippen LogP contribution in [0.25, 0.3) is 0 Å². The number of carbonyl (C=O) groups excluding carboxylic acids is 3. The maximum absolute atomic E-state index is 13.6. The first-order valence-electron chi connectivity index (χ1n) is 14.5. The number of esters is 2. The highest BCUT2D eigenvalue weighted by Crippen LogP contribution is 2.73. The molecule has 202 valence electrons. The third-order valence-corrected chi connectivity index (χ3v) is 12.1. The van der Waals surface area contributed by atoms with Gasteiger partial charge in [-0.2, -0.15) is 0 Å². The average molecular weight is 511 g/mol. The second-order valence-electron chi connectivity index (χ2n) is 13.3. The van der Waals surface area contributed by atoms with E-state index in [4.69, 9.17) is 14.2 Å². The van der Waals surface area contributed by atoms with Gasteiger partial charge in [0.2, 0.25) is 0 Å². The summed E-state index contributed by atoms with van der Waals surface area (Å²) in [5.41, 5.74) is 0.817. The lowest BCUT2D eigenvalue weighted by atomic mass is 9.44. The fourth-order valence-electron chi connectivity index (χ4n) is 10.2. The molecular formula is C31H42O6. The van der Waals surface area contributed by atoms with Gasteiger partial charge in [-0.05, 0) is 99.5 Å². The Morgan fingerprint density at radius 2 is 1.95 bits per heavy atom. The summed E-state index contributed by atoms with van der Waals surface area (Å²) < 4.78 is 18.2. The molecule has 2 heterocycles. The van der Waals surface area contributed by atoms with Gasteiger partial charge in [-0.1, -0.05) is 26.3 Å². The first-order valence-corrected chi connectivity index (χ1v) is 14.5. The number of ketones is 1. The molecule has 6 aliphatic rings. The lowest BCUT2D eigenvalue weighted by molar-refractivity contribution is -0.166. The van der Waals surface area contributed by atoms with E-state index in [0.29, 0.717) is 23.7 Å². The minimum Gasteiger partial charge on any atom is -0.458 e. The zero-order chi connectivity index (χ0) is 26.5. The van der Waals surface area contributed by atoms with Gasteiger partial charge in [0.05, 0.1) is 11.5 Å². The van der Waals surface area contributed by atoms with E-state index in [1.807, 2.05) is 6.92 Å². The van der Waals surface area contributed by atoms with E-state index < -0.39 is 17.1 Å². The fraction of sp³-hybridized carbons (Fsp3) is 0.774. The Balaban J connectivity index is 1.27. The summed E-state index contributed by atoms with van der Waals surface area (Å²) >= 11 is 0. The molecule has 0 bridgehead atoms. The van der Waals surface area contributed by atoms with Gasteiger partial charge in [0.15, 0.2) is 11.9 Å². The third kappa shape index (κ3) is 3.23. The first-order chi connectivity index (χ1) is 17.5. The van der Waals surface area contributed by atoms with Gasteiger partial charge in [0.25, 0.3) is 0 Å². The molecule has 0 radical (unpaired) electrons. The van der Waals surface area contributed by atoms with Gasteiger partial charge in [0.1, 0.15) is 11.7 Å². The third-order valence-electron chi connectivity index (χ3n) is 12.1. The molecule has 6 rings (SSSR count). The monoisotopic (exact) mass is 510 g/mol. The van der Waals surface area contributed by atoms with Crippen LogP contribution in [0.4, 0.5) is 0 Å². The molecule has 1 saturated heterocycles. The van der Waals surface area contributed by atoms with Crippen LogP contribution in [0.5, 0.6) is 0 Å². The number of carbonyl (C=O) groups is 3. The Morgan fingerprint density at radius 1 is 1.19 bits per heavy atom. The lowest BCUT2D eigenvalue weighted by Gasteiger charge is -2.58. The second-order valence-corrected chi connectivity index (χ2v) is 13.3. The predicted molar refractivity (Wildman–Crippen MR) is 137 cm³/mol. The minimum absolute atomic E-state index is 0.0459. The molecule has 4 aliphatic carbocycles. The molecule has 37 heavy (non-hydrogen) atoms. The summed E-state index contributed by atoms with van der Waals surface area (Å²) in [6.07, 6.45) is 9.63. The summed E-state index contributed by atoms with van der Waals surface area (Å²) in [5, 5.41) is 0. The van der Waals surface area contributed by atoms with Gasteiger partial charge in [-0.15, -0.1) is 0 Å². The van der Waals surface area contributed by atoms with Crippen LogP contribution in [-0.2, 0) is 28.6 Å². The minimum atomic E-state index is -0.706. The van der Waals surface area contributed by atoms with Crippen molar-refractivity contribution in [1.82, 2.24) is 0 Å². The van der Waals surface area contributed by atoms with Crippen LogP contribution in [0.15, 0.2) is 23.3 Å². The van der Waals surface area contributed by atoms with E-state index in [9.17, 15) is 14.4 Å². The molecule has 6 heteroatoms. The van der Waals surface area contributed by atoms with Gasteiger partial charge in [-0.25, -0.2) is 4.79 Å². The van der Waals surface area contributed by atoms with Crippen LogP contribution in [0, 0.1) is 40.4 Å². The van der Waals surface area contributed by atoms with Crippen LogP contribution in [0.2, 0.25) is 0 Å². The van der Waals surface area contributed by atoms with Crippen molar-refractivity contribution < 1.29 is 28.6 Å². The number of fused-ring (bicyclic) bond motifs is 4. The molecule has 6 nitrogen and oxygen atoms in total. The first kappa shape index (κ1) is 25.3. The number of rotatable bonds is 4. The maximum atomic E-state index is 13.6. The summed E-state index contributed by atoms with van der Waals surface area (Å²) in [6, 6.07) is 0. The number of allylic oxidation sites excluding steroid dienone is 1. The maximum Gasteiger partial charge on any atom is 0.334 e. The SMILES string of the molecule is CCC1=C(C)CC(C(C)C2CCC3C4CC5OC56C(OC(C)=O)C=CC(=O)C6(C)C4CCC23C)OC1=O. The van der Waals surface area contributed by atoms with Crippen molar-refractivity contribution in [2.75, 3.05) is 0 Å². The highest BCUT2D eigenvalue weighted by molar-refractivity contribution is 5.98. The van der Waals surface area contributed by atoms with Gasteiger partial charge >= 0.3 is 11.9 Å². The fourth-order valence-corrected chi connectivity index (χ4v) is 10.2. The number of hydrogen-bond acceptors (Lipinski definition) is 6. The van der Waals surface area contributed by atoms with Gasteiger partial charge < -0.3 is 14.2 Å². The molecule has 11 atom stereocenters. The molecule has 0 aromatic rings. The van der Waals surface area contributed by atoms with E-state index in [0.717, 1.165) is 50.5 Å². The summed E-state index contributed by atoms with van der Waals surface area (Å²) in [7, 11) is 0. The average Bonchev–Trinajstić information content (AvgIpc) is 3.46. The Morgan fingerprint density at radius 3 is 2.62 bits per heavy atom. The van der Waals surface area contributed by atoms with Crippen molar-refractivity contribution in [3.63, 3.8) is 0 Å². The van der Waals surface area contributed by atoms with Crippen LogP contribution >= 0.6 is 0 Å². The topological polar surface area (TPSA) is 82.2 Å². The standard InChI is InChI=1S/C31H42O6/c1-7-19-16(2)14-24(36-28(19)34)17(3)21-8-9-22-20-15-27-31(37-27)26(35-18(4)32)11-10-25(33)30(31,6)23(20)12-13-29(21,22)5/h10-11,17,20-24,26-27H,7-9,12-15H2,1-6H3. The van der Waals surface area contributed by atoms with Crippen molar-refractivity contribution in [3.05, 3.63) is 23.3 Å². The molecular weight excluding hydrogens is 468 g/mol. The van der Waals surface area contributed by atoms with Gasteiger partial charge in [0, 0.05) is 18.9 Å². The molecule has 0 aromatic carbocycles. The van der Waals surface area contributed by atoms with E-state index in [1.165, 1.54) is 12.5 Å². The Bertz CT molecular complexity index is 1100. The molecule has 4 fully saturated rings. The van der Waals surface area contributed by atoms with Crippen LogP contribution in [0.3, 0.4) is 0 Å². The van der Waals surface area contributed by atoms with Crippen LogP contribution < -0.4 is 0 Å². The highest BCUT2D eigenvalue weighted by Gasteiger charge is 2.81. The Kier molecular flexibility index (Phi) is 5.66. The molecule has 3 saturated carbocycles. The predicted octanol–water partition coefficient (Wildman–Crippen LogP) is 5.34. The molecule has 0 N–H and O–H groups in total. The quantitative estimate of drug-likeness (QED) is 0.375. The normalized spacial score (nSPS) is 48.9. The smallest absolute Gasteiger partial charge is 0.334 e. The van der Waals surface area contributed by atoms with E-state index >= 15 is 0 Å². The van der Waals surface area contributed by atoms with E-state index in [-0.39, 0.29) is 41.3 Å². The number of epoxide rings is 1. The Labute approximate surface area is 220 Å². The summed E-state index contributed by atoms with van der Waals surface area (Å²) in [5.74, 6) is 1.61. The zero-order valence-corrected chi connectivity index (χ0v) is 23.2. The van der Waals surface area contributed by atoms with Gasteiger partial charge in [-0.3, -0.25) is 9.59 Å². The Hall–Kier alpha value is -1.95. The molecule has 2 aliphatic heterocycles. The zero-order valence-electron chi connectivity index (χ0n) is 23.2.